The molecule has 15 heteroatoms. The Balaban J connectivity index is 1.48. The number of hydrogen-bond donors (Lipinski definition) is 1. The highest BCUT2D eigenvalue weighted by Crippen LogP contribution is 2.68. The quantitative estimate of drug-likeness (QED) is 0.0920. The van der Waals surface area contributed by atoms with Crippen LogP contribution in [0.2, 0.25) is 0 Å². The number of carbonyl (C=O) groups is 4. The number of ketones is 2. The lowest BCUT2D eigenvalue weighted by atomic mass is 9.45. The second kappa shape index (κ2) is 15.7. The molecule has 0 aromatic rings. The standard InChI is InChI=1S/C33H48N2O13/c1-31-15-13-23(36)19-22(31)11-12-24-25-14-16-33(32(25,2)20-26(37)30(24)31,48-29(40)10-6-4-8-18-47-35(43)44)27(38)21-45-28(39)9-5-3-7-17-46-34(41)42/h19,24-26,30,37H,3-18,20-21H2,1-2H3/t24?,25?,26-,30+,31-,32-,33-/m0/s1. The summed E-state index contributed by atoms with van der Waals surface area (Å²) in [5.41, 5.74) is -1.83. The smallest absolute Gasteiger partial charge is 0.306 e. The summed E-state index contributed by atoms with van der Waals surface area (Å²) in [4.78, 5) is 81.6. The van der Waals surface area contributed by atoms with Crippen LogP contribution >= 0.6 is 0 Å². The highest BCUT2D eigenvalue weighted by atomic mass is 17.0. The average molecular weight is 681 g/mol. The molecule has 4 aliphatic rings. The summed E-state index contributed by atoms with van der Waals surface area (Å²) in [6.45, 7) is 3.26. The summed E-state index contributed by atoms with van der Waals surface area (Å²) >= 11 is 0. The largest absolute Gasteiger partial charge is 0.457 e. The summed E-state index contributed by atoms with van der Waals surface area (Å²) < 4.78 is 11.6. The van der Waals surface area contributed by atoms with Crippen LogP contribution in [0.4, 0.5) is 0 Å². The Morgan fingerprint density at radius 3 is 2.15 bits per heavy atom. The summed E-state index contributed by atoms with van der Waals surface area (Å²) in [6, 6.07) is 0. The van der Waals surface area contributed by atoms with Gasteiger partial charge in [-0.25, -0.2) is 0 Å². The van der Waals surface area contributed by atoms with Gasteiger partial charge in [-0.3, -0.25) is 19.2 Å². The van der Waals surface area contributed by atoms with E-state index in [2.05, 4.69) is 16.6 Å². The van der Waals surface area contributed by atoms with Gasteiger partial charge in [0.05, 0.1) is 19.3 Å². The molecule has 0 aromatic heterocycles. The Labute approximate surface area is 279 Å². The van der Waals surface area contributed by atoms with Crippen LogP contribution in [-0.4, -0.2) is 70.3 Å². The topological polar surface area (TPSA) is 212 Å². The molecule has 15 nitrogen and oxygen atoms in total. The number of hydrogen-bond acceptors (Lipinski definition) is 13. The van der Waals surface area contributed by atoms with Crippen molar-refractivity contribution in [2.45, 2.75) is 122 Å². The number of rotatable bonds is 18. The number of ether oxygens (including phenoxy) is 2. The number of allylic oxidation sites excluding steroid dienone is 1. The number of Topliss-reactive ketones (excluding diaryl/α,β-unsaturated/α-hetero) is 1. The minimum absolute atomic E-state index is 0.00199. The molecule has 0 bridgehead atoms. The molecule has 0 aromatic carbocycles. The van der Waals surface area contributed by atoms with Crippen LogP contribution in [0.15, 0.2) is 11.6 Å². The van der Waals surface area contributed by atoms with Crippen molar-refractivity contribution < 1.29 is 53.6 Å². The molecule has 4 aliphatic carbocycles. The molecule has 1 N–H and O–H groups in total. The van der Waals surface area contributed by atoms with Crippen molar-refractivity contribution in [2.24, 2.45) is 28.6 Å². The predicted octanol–water partition coefficient (Wildman–Crippen LogP) is 4.42. The van der Waals surface area contributed by atoms with Crippen LogP contribution in [0, 0.1) is 48.8 Å². The fraction of sp³-hybridized carbons (Fsp3) is 0.818. The zero-order chi connectivity index (χ0) is 35.1. The first kappa shape index (κ1) is 37.2. The molecule has 0 radical (unpaired) electrons. The molecule has 0 saturated heterocycles. The molecule has 7 atom stereocenters. The molecule has 0 spiro atoms. The number of esters is 2. The lowest BCUT2D eigenvalue weighted by Crippen LogP contribution is -2.63. The SMILES string of the molecule is C[C@]12CCC(=O)C=C1CCC1C3CC[C@](OC(=O)CCCCCO[N+](=O)[O-])(C(=O)COC(=O)CCCCCO[N+](=O)[O-])[C@@]3(C)C[C@H](O)[C@@H]12. The Bertz CT molecular complexity index is 1290. The van der Waals surface area contributed by atoms with Crippen molar-refractivity contribution in [1.82, 2.24) is 0 Å². The summed E-state index contributed by atoms with van der Waals surface area (Å²) in [5, 5.41) is 30.8. The van der Waals surface area contributed by atoms with E-state index in [9.17, 15) is 44.5 Å². The molecule has 0 heterocycles. The van der Waals surface area contributed by atoms with Gasteiger partial charge in [-0.05, 0) is 93.5 Å². The van der Waals surface area contributed by atoms with Gasteiger partial charge >= 0.3 is 11.9 Å². The van der Waals surface area contributed by atoms with Gasteiger partial charge in [0.25, 0.3) is 10.2 Å². The van der Waals surface area contributed by atoms with E-state index in [4.69, 9.17) is 9.47 Å². The molecule has 268 valence electrons. The number of nitrogens with zero attached hydrogens (tertiary/aromatic N) is 2. The van der Waals surface area contributed by atoms with E-state index >= 15 is 0 Å². The normalized spacial score (nSPS) is 32.1. The Kier molecular flexibility index (Phi) is 12.2. The maximum absolute atomic E-state index is 14.2. The van der Waals surface area contributed by atoms with E-state index in [-0.39, 0.29) is 67.8 Å². The van der Waals surface area contributed by atoms with Crippen molar-refractivity contribution in [3.63, 3.8) is 0 Å². The Morgan fingerprint density at radius 1 is 0.896 bits per heavy atom. The van der Waals surface area contributed by atoms with Crippen LogP contribution < -0.4 is 0 Å². The van der Waals surface area contributed by atoms with E-state index < -0.39 is 51.6 Å². The Morgan fingerprint density at radius 2 is 1.52 bits per heavy atom. The number of unbranched alkanes of at least 4 members (excludes halogenated alkanes) is 4. The minimum atomic E-state index is -1.63. The molecule has 4 rings (SSSR count). The Hall–Kier alpha value is -3.62. The maximum Gasteiger partial charge on any atom is 0.306 e. The van der Waals surface area contributed by atoms with Crippen molar-refractivity contribution >= 4 is 23.5 Å². The fourth-order valence-corrected chi connectivity index (χ4v) is 9.31. The van der Waals surface area contributed by atoms with Crippen molar-refractivity contribution in [1.29, 1.82) is 0 Å². The van der Waals surface area contributed by atoms with E-state index in [1.165, 1.54) is 0 Å². The van der Waals surface area contributed by atoms with Crippen molar-refractivity contribution in [3.8, 4) is 0 Å². The van der Waals surface area contributed by atoms with Crippen LogP contribution in [-0.2, 0) is 38.3 Å². The first-order valence-corrected chi connectivity index (χ1v) is 17.1. The molecule has 0 aliphatic heterocycles. The number of fused-ring (bicyclic) bond motifs is 5. The van der Waals surface area contributed by atoms with E-state index in [1.807, 2.05) is 6.92 Å². The molecular weight excluding hydrogens is 632 g/mol. The highest BCUT2D eigenvalue weighted by molar-refractivity contribution is 5.93. The second-order valence-corrected chi connectivity index (χ2v) is 14.2. The van der Waals surface area contributed by atoms with Crippen molar-refractivity contribution in [3.05, 3.63) is 31.9 Å². The molecular formula is C33H48N2O13. The van der Waals surface area contributed by atoms with E-state index in [1.54, 1.807) is 6.08 Å². The molecule has 3 saturated carbocycles. The second-order valence-electron chi connectivity index (χ2n) is 14.2. The highest BCUT2D eigenvalue weighted by Gasteiger charge is 2.70. The maximum atomic E-state index is 14.2. The molecule has 48 heavy (non-hydrogen) atoms. The number of carbonyl (C=O) groups excluding carboxylic acids is 4. The van der Waals surface area contributed by atoms with Gasteiger partial charge in [-0.2, -0.15) is 0 Å². The third-order valence-electron chi connectivity index (χ3n) is 11.6. The number of aliphatic hydroxyl groups excluding tert-OH is 1. The summed E-state index contributed by atoms with van der Waals surface area (Å²) in [7, 11) is 0. The zero-order valence-electron chi connectivity index (χ0n) is 27.9. The van der Waals surface area contributed by atoms with Crippen LogP contribution in [0.1, 0.15) is 110 Å². The van der Waals surface area contributed by atoms with Gasteiger partial charge in [0.15, 0.2) is 18.0 Å². The third kappa shape index (κ3) is 7.98. The first-order valence-electron chi connectivity index (χ1n) is 17.1. The molecule has 0 amide bonds. The lowest BCUT2D eigenvalue weighted by molar-refractivity contribution is -0.757. The predicted molar refractivity (Wildman–Crippen MR) is 166 cm³/mol. The van der Waals surface area contributed by atoms with Gasteiger partial charge < -0.3 is 24.3 Å². The monoisotopic (exact) mass is 680 g/mol. The number of aliphatic hydroxyl groups is 1. The van der Waals surface area contributed by atoms with Crippen LogP contribution in [0.25, 0.3) is 0 Å². The summed E-state index contributed by atoms with van der Waals surface area (Å²) in [5.74, 6) is -1.79. The average Bonchev–Trinajstić information content (AvgIpc) is 3.31. The zero-order valence-corrected chi connectivity index (χ0v) is 27.9. The van der Waals surface area contributed by atoms with E-state index in [0.717, 1.165) is 18.4 Å². The third-order valence-corrected chi connectivity index (χ3v) is 11.6. The molecule has 2 unspecified atom stereocenters. The van der Waals surface area contributed by atoms with Gasteiger partial charge in [0.2, 0.25) is 5.78 Å². The van der Waals surface area contributed by atoms with E-state index in [0.29, 0.717) is 57.8 Å². The van der Waals surface area contributed by atoms with Crippen LogP contribution in [0.5, 0.6) is 0 Å². The fourth-order valence-electron chi connectivity index (χ4n) is 9.31. The first-order chi connectivity index (χ1) is 22.7. The minimum Gasteiger partial charge on any atom is -0.457 e. The summed E-state index contributed by atoms with van der Waals surface area (Å²) in [6.07, 6.45) is 6.91. The van der Waals surface area contributed by atoms with Crippen LogP contribution in [0.3, 0.4) is 0 Å². The van der Waals surface area contributed by atoms with Gasteiger partial charge in [-0.1, -0.05) is 32.3 Å². The van der Waals surface area contributed by atoms with Gasteiger partial charge in [-0.15, -0.1) is 20.2 Å². The van der Waals surface area contributed by atoms with Gasteiger partial charge in [0, 0.05) is 24.7 Å². The molecule has 3 fully saturated rings. The van der Waals surface area contributed by atoms with Crippen molar-refractivity contribution in [2.75, 3.05) is 19.8 Å². The lowest BCUT2D eigenvalue weighted by Gasteiger charge is -2.60. The van der Waals surface area contributed by atoms with Gasteiger partial charge in [0.1, 0.15) is 0 Å².